The highest BCUT2D eigenvalue weighted by atomic mass is 16.5. The van der Waals surface area contributed by atoms with Crippen LogP contribution in [0.3, 0.4) is 0 Å². The van der Waals surface area contributed by atoms with E-state index in [9.17, 15) is 9.59 Å². The quantitative estimate of drug-likeness (QED) is 0.564. The van der Waals surface area contributed by atoms with Crippen molar-refractivity contribution in [1.82, 2.24) is 14.7 Å². The van der Waals surface area contributed by atoms with Gasteiger partial charge < -0.3 is 19.3 Å². The zero-order chi connectivity index (χ0) is 25.4. The summed E-state index contributed by atoms with van der Waals surface area (Å²) in [7, 11) is 1.68. The molecule has 1 aromatic rings. The number of carbonyl (C=O) groups is 2. The van der Waals surface area contributed by atoms with E-state index in [0.29, 0.717) is 56.5 Å². The van der Waals surface area contributed by atoms with Gasteiger partial charge in [0.15, 0.2) is 0 Å². The van der Waals surface area contributed by atoms with Gasteiger partial charge in [-0.25, -0.2) is 0 Å². The molecule has 0 radical (unpaired) electrons. The van der Waals surface area contributed by atoms with E-state index >= 15 is 0 Å². The molecule has 4 heterocycles. The second-order valence-electron chi connectivity index (χ2n) is 12.0. The van der Waals surface area contributed by atoms with E-state index in [1.54, 1.807) is 7.11 Å². The molecule has 1 aromatic carbocycles. The Morgan fingerprint density at radius 2 is 1.76 bits per heavy atom. The van der Waals surface area contributed by atoms with Crippen LogP contribution >= 0.6 is 0 Å². The first kappa shape index (κ1) is 25.2. The molecular weight excluding hydrogens is 466 g/mol. The van der Waals surface area contributed by atoms with Crippen molar-refractivity contribution in [3.05, 3.63) is 29.8 Å². The Hall–Kier alpha value is -2.12. The highest BCUT2D eigenvalue weighted by Crippen LogP contribution is 2.52. The van der Waals surface area contributed by atoms with Gasteiger partial charge in [-0.05, 0) is 94.0 Å². The number of hydrogen-bond donors (Lipinski definition) is 0. The molecule has 4 aliphatic heterocycles. The second-order valence-corrected chi connectivity index (χ2v) is 12.0. The van der Waals surface area contributed by atoms with Crippen molar-refractivity contribution < 1.29 is 19.1 Å². The summed E-state index contributed by atoms with van der Waals surface area (Å²) in [5, 5.41) is 0. The average molecular weight is 510 g/mol. The highest BCUT2D eigenvalue weighted by Gasteiger charge is 2.57. The van der Waals surface area contributed by atoms with Gasteiger partial charge in [-0.3, -0.25) is 14.5 Å². The zero-order valence-electron chi connectivity index (χ0n) is 22.4. The van der Waals surface area contributed by atoms with Crippen molar-refractivity contribution in [3.63, 3.8) is 0 Å². The first-order valence-electron chi connectivity index (χ1n) is 14.7. The molecule has 0 unspecified atom stereocenters. The van der Waals surface area contributed by atoms with E-state index in [0.717, 1.165) is 43.5 Å². The minimum Gasteiger partial charge on any atom is -0.497 e. The first-order chi connectivity index (χ1) is 18.1. The predicted octanol–water partition coefficient (Wildman–Crippen LogP) is 3.46. The maximum absolute atomic E-state index is 14.4. The molecule has 1 aliphatic carbocycles. The number of methoxy groups -OCH3 is 1. The van der Waals surface area contributed by atoms with E-state index in [-0.39, 0.29) is 17.4 Å². The Morgan fingerprint density at radius 1 is 1.03 bits per heavy atom. The van der Waals surface area contributed by atoms with Crippen LogP contribution in [0.1, 0.15) is 63.4 Å². The Balaban J connectivity index is 1.22. The third-order valence-corrected chi connectivity index (χ3v) is 9.99. The third kappa shape index (κ3) is 4.78. The maximum atomic E-state index is 14.4. The van der Waals surface area contributed by atoms with Gasteiger partial charge in [-0.2, -0.15) is 0 Å². The molecule has 7 nitrogen and oxygen atoms in total. The van der Waals surface area contributed by atoms with Crippen molar-refractivity contribution in [1.29, 1.82) is 0 Å². The van der Waals surface area contributed by atoms with Gasteiger partial charge in [0.1, 0.15) is 5.75 Å². The van der Waals surface area contributed by atoms with E-state index in [2.05, 4.69) is 21.9 Å². The first-order valence-corrected chi connectivity index (χ1v) is 14.7. The van der Waals surface area contributed by atoms with E-state index < -0.39 is 0 Å². The number of likely N-dealkylation sites (tertiary alicyclic amines) is 1. The molecule has 37 heavy (non-hydrogen) atoms. The van der Waals surface area contributed by atoms with Crippen molar-refractivity contribution >= 4 is 11.8 Å². The summed E-state index contributed by atoms with van der Waals surface area (Å²) in [6.07, 6.45) is 9.14. The van der Waals surface area contributed by atoms with Crippen LogP contribution in [-0.2, 0) is 19.7 Å². The Bertz CT molecular complexity index is 970. The summed E-state index contributed by atoms with van der Waals surface area (Å²) >= 11 is 0. The number of ether oxygens (including phenoxy) is 2. The smallest absolute Gasteiger partial charge is 0.233 e. The lowest BCUT2D eigenvalue weighted by Crippen LogP contribution is -2.66. The Kier molecular flexibility index (Phi) is 7.19. The van der Waals surface area contributed by atoms with Gasteiger partial charge in [0.2, 0.25) is 11.8 Å². The van der Waals surface area contributed by atoms with Gasteiger partial charge in [0.25, 0.3) is 0 Å². The molecule has 6 rings (SSSR count). The minimum absolute atomic E-state index is 0.239. The van der Waals surface area contributed by atoms with E-state index in [1.807, 2.05) is 17.0 Å². The van der Waals surface area contributed by atoms with Gasteiger partial charge in [0, 0.05) is 38.1 Å². The molecule has 0 spiro atoms. The van der Waals surface area contributed by atoms with Crippen LogP contribution < -0.4 is 4.74 Å². The van der Waals surface area contributed by atoms with Crippen LogP contribution in [-0.4, -0.2) is 91.6 Å². The zero-order valence-corrected chi connectivity index (χ0v) is 22.4. The van der Waals surface area contributed by atoms with Crippen LogP contribution in [0, 0.1) is 11.8 Å². The van der Waals surface area contributed by atoms with Gasteiger partial charge >= 0.3 is 0 Å². The normalized spacial score (nSPS) is 30.9. The number of rotatable bonds is 7. The molecule has 1 saturated carbocycles. The molecule has 7 heteroatoms. The number of amides is 2. The Morgan fingerprint density at radius 3 is 2.46 bits per heavy atom. The van der Waals surface area contributed by atoms with Crippen molar-refractivity contribution in [2.75, 3.05) is 53.0 Å². The molecule has 202 valence electrons. The fourth-order valence-electron chi connectivity index (χ4n) is 7.97. The lowest BCUT2D eigenvalue weighted by atomic mass is 9.68. The highest BCUT2D eigenvalue weighted by molar-refractivity contribution is 5.91. The van der Waals surface area contributed by atoms with Crippen LogP contribution in [0.5, 0.6) is 5.75 Å². The number of hydrogen-bond acceptors (Lipinski definition) is 5. The summed E-state index contributed by atoms with van der Waals surface area (Å²) in [4.78, 5) is 34.3. The molecule has 0 aromatic heterocycles. The number of morpholine rings is 1. The topological polar surface area (TPSA) is 62.3 Å². The van der Waals surface area contributed by atoms with Gasteiger partial charge in [0.05, 0.1) is 25.7 Å². The standard InChI is InChI=1S/C30H43N3O4/c1-36-24-11-9-23(10-12-24)30(13-14-30)29(35)33-21-22-5-3-15-32-16-4-6-25(28(22)32)26(33)7-2-8-27(34)31-17-19-37-20-18-31/h9-12,22,25-26,28H,2-8,13-21H2,1H3/t22-,25+,26+,28-/m0/s1. The minimum atomic E-state index is -0.371. The summed E-state index contributed by atoms with van der Waals surface area (Å²) in [6, 6.07) is 9.02. The van der Waals surface area contributed by atoms with E-state index in [1.165, 1.54) is 38.8 Å². The third-order valence-electron chi connectivity index (χ3n) is 9.99. The lowest BCUT2D eigenvalue weighted by molar-refractivity contribution is -0.149. The van der Waals surface area contributed by atoms with Crippen molar-refractivity contribution in [2.45, 2.75) is 75.3 Å². The maximum Gasteiger partial charge on any atom is 0.233 e. The van der Waals surface area contributed by atoms with Gasteiger partial charge in [-0.15, -0.1) is 0 Å². The second kappa shape index (κ2) is 10.6. The molecule has 0 N–H and O–H groups in total. The molecule has 5 fully saturated rings. The number of piperidine rings is 3. The molecule has 4 saturated heterocycles. The fourth-order valence-corrected chi connectivity index (χ4v) is 7.97. The van der Waals surface area contributed by atoms with Crippen LogP contribution in [0.15, 0.2) is 24.3 Å². The van der Waals surface area contributed by atoms with Crippen molar-refractivity contribution in [3.8, 4) is 5.75 Å². The molecule has 5 aliphatic rings. The van der Waals surface area contributed by atoms with Crippen molar-refractivity contribution in [2.24, 2.45) is 11.8 Å². The van der Waals surface area contributed by atoms with Gasteiger partial charge in [-0.1, -0.05) is 12.1 Å². The summed E-state index contributed by atoms with van der Waals surface area (Å²) in [6.45, 7) is 6.01. The SMILES string of the molecule is COc1ccc(C2(C(=O)N3C[C@@H]4CCCN5CCC[C@@H]([C@H]45)[C@H]3CCCC(=O)N3CCOCC3)CC2)cc1. The van der Waals surface area contributed by atoms with E-state index in [4.69, 9.17) is 9.47 Å². The monoisotopic (exact) mass is 509 g/mol. The van der Waals surface area contributed by atoms with Crippen LogP contribution in [0.4, 0.5) is 0 Å². The average Bonchev–Trinajstić information content (AvgIpc) is 3.76. The molecular formula is C30H43N3O4. The summed E-state index contributed by atoms with van der Waals surface area (Å²) in [5.74, 6) is 2.53. The lowest BCUT2D eigenvalue weighted by Gasteiger charge is -2.58. The summed E-state index contributed by atoms with van der Waals surface area (Å²) in [5.41, 5.74) is 0.764. The fraction of sp³-hybridized carbons (Fsp3) is 0.733. The summed E-state index contributed by atoms with van der Waals surface area (Å²) < 4.78 is 10.8. The van der Waals surface area contributed by atoms with Crippen LogP contribution in [0.2, 0.25) is 0 Å². The molecule has 0 bridgehead atoms. The largest absolute Gasteiger partial charge is 0.497 e. The number of benzene rings is 1. The number of nitrogens with zero attached hydrogens (tertiary/aromatic N) is 3. The Labute approximate surface area is 221 Å². The predicted molar refractivity (Wildman–Crippen MR) is 141 cm³/mol. The van der Waals surface area contributed by atoms with Crippen LogP contribution in [0.25, 0.3) is 0 Å². The molecule has 4 atom stereocenters. The number of carbonyl (C=O) groups excluding carboxylic acids is 2. The molecule has 2 amide bonds.